The van der Waals surface area contributed by atoms with Crippen molar-refractivity contribution >= 4 is 27.5 Å². The third kappa shape index (κ3) is 2.85. The van der Waals surface area contributed by atoms with Gasteiger partial charge in [-0.15, -0.1) is 0 Å². The second-order valence-electron chi connectivity index (χ2n) is 6.18. The molecule has 1 unspecified atom stereocenters. The summed E-state index contributed by atoms with van der Waals surface area (Å²) in [6, 6.07) is 20.9. The highest BCUT2D eigenvalue weighted by atomic mass is 16.3. The second-order valence-corrected chi connectivity index (χ2v) is 6.18. The average Bonchev–Trinajstić information content (AvgIpc) is 3.13. The van der Waals surface area contributed by atoms with Crippen molar-refractivity contribution in [3.05, 3.63) is 72.7 Å². The molecular formula is C21H20N2O. The third-order valence-electron chi connectivity index (χ3n) is 4.38. The molecule has 0 bridgehead atoms. The van der Waals surface area contributed by atoms with Gasteiger partial charge < -0.3 is 9.73 Å². The summed E-state index contributed by atoms with van der Waals surface area (Å²) in [5.41, 5.74) is 3.22. The Hall–Kier alpha value is -2.81. The minimum Gasteiger partial charge on any atom is -0.469 e. The van der Waals surface area contributed by atoms with Crippen LogP contribution in [0.2, 0.25) is 0 Å². The van der Waals surface area contributed by atoms with Gasteiger partial charge in [-0.05, 0) is 37.6 Å². The monoisotopic (exact) mass is 316 g/mol. The molecule has 2 heterocycles. The molecule has 1 N–H and O–H groups in total. The topological polar surface area (TPSA) is 38.1 Å². The van der Waals surface area contributed by atoms with Crippen LogP contribution >= 0.6 is 0 Å². The zero-order valence-corrected chi connectivity index (χ0v) is 13.7. The minimum atomic E-state index is 0.337. The second kappa shape index (κ2) is 6.36. The third-order valence-corrected chi connectivity index (χ3v) is 4.38. The van der Waals surface area contributed by atoms with Crippen molar-refractivity contribution in [2.75, 3.05) is 5.32 Å². The maximum Gasteiger partial charge on any atom is 0.103 e. The first-order valence-corrected chi connectivity index (χ1v) is 8.37. The minimum absolute atomic E-state index is 0.337. The fourth-order valence-electron chi connectivity index (χ4n) is 3.13. The number of pyridine rings is 1. The van der Waals surface area contributed by atoms with Crippen molar-refractivity contribution in [3.8, 4) is 0 Å². The summed E-state index contributed by atoms with van der Waals surface area (Å²) in [5, 5.41) is 6.04. The largest absolute Gasteiger partial charge is 0.469 e. The molecule has 3 nitrogen and oxygen atoms in total. The van der Waals surface area contributed by atoms with Gasteiger partial charge in [0.05, 0.1) is 23.0 Å². The molecule has 0 spiro atoms. The predicted molar refractivity (Wildman–Crippen MR) is 99.4 cm³/mol. The van der Waals surface area contributed by atoms with Crippen molar-refractivity contribution in [1.82, 2.24) is 4.98 Å². The van der Waals surface area contributed by atoms with Crippen LogP contribution in [0.3, 0.4) is 0 Å². The number of rotatable bonds is 5. The number of aromatic nitrogens is 1. The number of fused-ring (bicyclic) bond motifs is 2. The molecule has 0 amide bonds. The number of hydrogen-bond acceptors (Lipinski definition) is 3. The fourth-order valence-corrected chi connectivity index (χ4v) is 3.13. The Morgan fingerprint density at radius 2 is 1.58 bits per heavy atom. The van der Waals surface area contributed by atoms with Gasteiger partial charge in [-0.2, -0.15) is 0 Å². The normalized spacial score (nSPS) is 12.5. The van der Waals surface area contributed by atoms with E-state index in [1.54, 1.807) is 6.26 Å². The van der Waals surface area contributed by atoms with E-state index in [9.17, 15) is 0 Å². The van der Waals surface area contributed by atoms with Crippen molar-refractivity contribution < 1.29 is 4.42 Å². The van der Waals surface area contributed by atoms with Crippen LogP contribution in [0.4, 0.5) is 5.69 Å². The van der Waals surface area contributed by atoms with Crippen LogP contribution < -0.4 is 5.32 Å². The molecule has 2 aromatic carbocycles. The van der Waals surface area contributed by atoms with Gasteiger partial charge in [0, 0.05) is 23.2 Å². The van der Waals surface area contributed by atoms with E-state index in [2.05, 4.69) is 48.6 Å². The Labute approximate surface area is 141 Å². The van der Waals surface area contributed by atoms with Crippen LogP contribution in [-0.2, 0) is 6.42 Å². The van der Waals surface area contributed by atoms with Gasteiger partial charge in [0.25, 0.3) is 0 Å². The smallest absolute Gasteiger partial charge is 0.103 e. The molecule has 0 fully saturated rings. The number of benzene rings is 2. The molecule has 0 saturated heterocycles. The fraction of sp³-hybridized carbons (Fsp3) is 0.190. The first-order valence-electron chi connectivity index (χ1n) is 8.37. The number of para-hydroxylation sites is 2. The number of nitrogens with zero attached hydrogens (tertiary/aromatic N) is 1. The predicted octanol–water partition coefficient (Wildman–Crippen LogP) is 5.41. The first-order chi connectivity index (χ1) is 11.8. The van der Waals surface area contributed by atoms with Crippen LogP contribution in [0.15, 0.2) is 71.3 Å². The Morgan fingerprint density at radius 1 is 0.917 bits per heavy atom. The Morgan fingerprint density at radius 3 is 2.21 bits per heavy atom. The lowest BCUT2D eigenvalue weighted by atomic mass is 10.1. The number of hydrogen-bond donors (Lipinski definition) is 1. The number of furan rings is 1. The molecule has 0 aliphatic heterocycles. The van der Waals surface area contributed by atoms with Gasteiger partial charge in [0.15, 0.2) is 0 Å². The number of nitrogens with one attached hydrogen (secondary N) is 1. The van der Waals surface area contributed by atoms with Gasteiger partial charge in [0.2, 0.25) is 0 Å². The molecule has 120 valence electrons. The SMILES string of the molecule is CC(CCc1ccco1)Nc1c2ccccc2nc2ccccc12. The van der Waals surface area contributed by atoms with Crippen molar-refractivity contribution in [2.45, 2.75) is 25.8 Å². The molecule has 0 saturated carbocycles. The van der Waals surface area contributed by atoms with Crippen molar-refractivity contribution in [1.29, 1.82) is 0 Å². The molecule has 2 aromatic heterocycles. The molecule has 4 rings (SSSR count). The van der Waals surface area contributed by atoms with Crippen LogP contribution in [0, 0.1) is 0 Å². The highest BCUT2D eigenvalue weighted by Gasteiger charge is 2.11. The summed E-state index contributed by atoms with van der Waals surface area (Å²) in [4.78, 5) is 4.78. The zero-order chi connectivity index (χ0) is 16.4. The highest BCUT2D eigenvalue weighted by Crippen LogP contribution is 2.31. The van der Waals surface area contributed by atoms with Crippen LogP contribution in [0.1, 0.15) is 19.1 Å². The maximum absolute atomic E-state index is 5.44. The van der Waals surface area contributed by atoms with E-state index in [0.29, 0.717) is 6.04 Å². The van der Waals surface area contributed by atoms with Gasteiger partial charge in [-0.3, -0.25) is 0 Å². The zero-order valence-electron chi connectivity index (χ0n) is 13.7. The molecule has 1 atom stereocenters. The summed E-state index contributed by atoms with van der Waals surface area (Å²) in [7, 11) is 0. The first kappa shape index (κ1) is 14.8. The molecule has 4 aromatic rings. The summed E-state index contributed by atoms with van der Waals surface area (Å²) < 4.78 is 5.44. The van der Waals surface area contributed by atoms with E-state index in [1.165, 1.54) is 16.5 Å². The lowest BCUT2D eigenvalue weighted by molar-refractivity contribution is 0.495. The lowest BCUT2D eigenvalue weighted by Gasteiger charge is -2.18. The van der Waals surface area contributed by atoms with Crippen molar-refractivity contribution in [2.24, 2.45) is 0 Å². The van der Waals surface area contributed by atoms with E-state index >= 15 is 0 Å². The lowest BCUT2D eigenvalue weighted by Crippen LogP contribution is -2.16. The van der Waals surface area contributed by atoms with Crippen LogP contribution in [0.25, 0.3) is 21.8 Å². The Bertz CT molecular complexity index is 906. The Kier molecular flexibility index (Phi) is 3.91. The summed E-state index contributed by atoms with van der Waals surface area (Å²) in [5.74, 6) is 1.04. The molecule has 0 aliphatic rings. The molecule has 24 heavy (non-hydrogen) atoms. The highest BCUT2D eigenvalue weighted by molar-refractivity contribution is 6.07. The van der Waals surface area contributed by atoms with Gasteiger partial charge in [-0.1, -0.05) is 36.4 Å². The summed E-state index contributed by atoms with van der Waals surface area (Å²) >= 11 is 0. The molecular weight excluding hydrogens is 296 g/mol. The number of aryl methyl sites for hydroxylation is 1. The number of anilines is 1. The van der Waals surface area contributed by atoms with Gasteiger partial charge >= 0.3 is 0 Å². The Balaban J connectivity index is 1.68. The van der Waals surface area contributed by atoms with Crippen LogP contribution in [0.5, 0.6) is 0 Å². The quantitative estimate of drug-likeness (QED) is 0.500. The summed E-state index contributed by atoms with van der Waals surface area (Å²) in [6.07, 6.45) is 3.68. The van der Waals surface area contributed by atoms with E-state index in [-0.39, 0.29) is 0 Å². The van der Waals surface area contributed by atoms with E-state index in [1.807, 2.05) is 24.3 Å². The molecule has 0 radical (unpaired) electrons. The van der Waals surface area contributed by atoms with E-state index in [4.69, 9.17) is 9.40 Å². The van der Waals surface area contributed by atoms with E-state index in [0.717, 1.165) is 29.6 Å². The van der Waals surface area contributed by atoms with Gasteiger partial charge in [0.1, 0.15) is 5.76 Å². The van der Waals surface area contributed by atoms with Gasteiger partial charge in [-0.25, -0.2) is 4.98 Å². The van der Waals surface area contributed by atoms with E-state index < -0.39 is 0 Å². The van der Waals surface area contributed by atoms with Crippen molar-refractivity contribution in [3.63, 3.8) is 0 Å². The van der Waals surface area contributed by atoms with Crippen LogP contribution in [-0.4, -0.2) is 11.0 Å². The molecule has 0 aliphatic carbocycles. The standard InChI is InChI=1S/C21H20N2O/c1-15(12-13-16-7-6-14-24-16)22-21-17-8-2-4-10-19(17)23-20-11-5-3-9-18(20)21/h2-11,14-15H,12-13H2,1H3,(H,22,23). The maximum atomic E-state index is 5.44. The average molecular weight is 316 g/mol. The molecule has 3 heteroatoms. The summed E-state index contributed by atoms with van der Waals surface area (Å²) in [6.45, 7) is 2.22.